The lowest BCUT2D eigenvalue weighted by atomic mass is 10.1. The predicted octanol–water partition coefficient (Wildman–Crippen LogP) is 3.27. The van der Waals surface area contributed by atoms with Crippen LogP contribution in [0.5, 0.6) is 0 Å². The van der Waals surface area contributed by atoms with Gasteiger partial charge in [-0.2, -0.15) is 5.26 Å². The lowest BCUT2D eigenvalue weighted by molar-refractivity contribution is -0.139. The maximum absolute atomic E-state index is 11.8. The second-order valence-electron chi connectivity index (χ2n) is 4.95. The molecule has 1 N–H and O–H groups in total. The molecule has 0 unspecified atom stereocenters. The highest BCUT2D eigenvalue weighted by Gasteiger charge is 2.12. The van der Waals surface area contributed by atoms with Crippen molar-refractivity contribution in [2.24, 2.45) is 5.92 Å². The maximum atomic E-state index is 11.8. The zero-order valence-corrected chi connectivity index (χ0v) is 11.5. The molecule has 0 saturated carbocycles. The first kappa shape index (κ1) is 13.9. The lowest BCUT2D eigenvalue weighted by Crippen LogP contribution is -2.11. The molecule has 0 spiro atoms. The predicted molar refractivity (Wildman–Crippen MR) is 77.7 cm³/mol. The van der Waals surface area contributed by atoms with E-state index in [1.165, 1.54) is 0 Å². The third kappa shape index (κ3) is 3.07. The maximum Gasteiger partial charge on any atom is 0.348 e. The van der Waals surface area contributed by atoms with Crippen molar-refractivity contribution in [1.29, 1.82) is 5.26 Å². The van der Waals surface area contributed by atoms with Crippen molar-refractivity contribution in [3.8, 4) is 6.07 Å². The van der Waals surface area contributed by atoms with Crippen LogP contribution in [0.15, 0.2) is 36.0 Å². The highest BCUT2D eigenvalue weighted by atomic mass is 16.5. The number of para-hydroxylation sites is 1. The first-order valence-electron chi connectivity index (χ1n) is 6.47. The third-order valence-corrected chi connectivity index (χ3v) is 2.81. The van der Waals surface area contributed by atoms with Crippen molar-refractivity contribution in [1.82, 2.24) is 4.98 Å². The van der Waals surface area contributed by atoms with Gasteiger partial charge in [0.15, 0.2) is 0 Å². The number of fused-ring (bicyclic) bond motifs is 1. The van der Waals surface area contributed by atoms with E-state index < -0.39 is 5.97 Å². The number of ether oxygens (including phenoxy) is 1. The highest BCUT2D eigenvalue weighted by molar-refractivity contribution is 6.01. The summed E-state index contributed by atoms with van der Waals surface area (Å²) < 4.78 is 5.08. The zero-order valence-electron chi connectivity index (χ0n) is 11.5. The summed E-state index contributed by atoms with van der Waals surface area (Å²) in [5.41, 5.74) is 1.78. The van der Waals surface area contributed by atoms with Gasteiger partial charge in [0.1, 0.15) is 11.6 Å². The molecular weight excluding hydrogens is 252 g/mol. The van der Waals surface area contributed by atoms with Crippen LogP contribution >= 0.6 is 0 Å². The fourth-order valence-electron chi connectivity index (χ4n) is 1.83. The number of hydrogen-bond acceptors (Lipinski definition) is 3. The van der Waals surface area contributed by atoms with E-state index in [9.17, 15) is 4.79 Å². The minimum absolute atomic E-state index is 0.00963. The van der Waals surface area contributed by atoms with Gasteiger partial charge in [0, 0.05) is 22.7 Å². The fraction of sp³-hybridized carbons (Fsp3) is 0.250. The van der Waals surface area contributed by atoms with Crippen LogP contribution in [0.25, 0.3) is 17.0 Å². The Labute approximate surface area is 117 Å². The number of aromatic amines is 1. The number of esters is 1. The van der Waals surface area contributed by atoms with E-state index in [4.69, 9.17) is 10.00 Å². The van der Waals surface area contributed by atoms with Crippen LogP contribution in [0.3, 0.4) is 0 Å². The second-order valence-corrected chi connectivity index (χ2v) is 4.95. The van der Waals surface area contributed by atoms with Gasteiger partial charge < -0.3 is 9.72 Å². The molecule has 1 aromatic carbocycles. The number of H-pyrrole nitrogens is 1. The van der Waals surface area contributed by atoms with Gasteiger partial charge in [0.25, 0.3) is 0 Å². The molecule has 1 aromatic heterocycles. The standard InChI is InChI=1S/C16H16N2O2/c1-11(2)10-20-16(19)12(8-17)7-13-9-18-15-6-4-3-5-14(13)15/h3-7,9,11,18H,10H2,1-2H3/b12-7-. The van der Waals surface area contributed by atoms with Gasteiger partial charge in [-0.25, -0.2) is 4.79 Å². The van der Waals surface area contributed by atoms with Crippen molar-refractivity contribution in [3.63, 3.8) is 0 Å². The van der Waals surface area contributed by atoms with Crippen molar-refractivity contribution in [2.75, 3.05) is 6.61 Å². The molecule has 1 heterocycles. The molecule has 102 valence electrons. The first-order chi connectivity index (χ1) is 9.61. The van der Waals surface area contributed by atoms with Crippen LogP contribution in [0, 0.1) is 17.2 Å². The molecule has 0 aliphatic heterocycles. The molecule has 2 rings (SSSR count). The Balaban J connectivity index is 2.27. The summed E-state index contributed by atoms with van der Waals surface area (Å²) in [6, 6.07) is 9.62. The Bertz CT molecular complexity index is 690. The van der Waals surface area contributed by atoms with E-state index >= 15 is 0 Å². The van der Waals surface area contributed by atoms with Crippen molar-refractivity contribution in [3.05, 3.63) is 41.6 Å². The molecule has 0 aliphatic rings. The number of nitriles is 1. The largest absolute Gasteiger partial charge is 0.461 e. The number of rotatable bonds is 4. The molecule has 0 bridgehead atoms. The first-order valence-corrected chi connectivity index (χ1v) is 6.47. The van der Waals surface area contributed by atoms with Gasteiger partial charge in [-0.3, -0.25) is 0 Å². The van der Waals surface area contributed by atoms with Gasteiger partial charge in [-0.05, 0) is 18.1 Å². The van der Waals surface area contributed by atoms with E-state index in [1.54, 1.807) is 12.3 Å². The van der Waals surface area contributed by atoms with E-state index in [-0.39, 0.29) is 11.5 Å². The Morgan fingerprint density at radius 2 is 2.20 bits per heavy atom. The number of benzene rings is 1. The number of carbonyl (C=O) groups is 1. The summed E-state index contributed by atoms with van der Waals surface area (Å²) >= 11 is 0. The van der Waals surface area contributed by atoms with Gasteiger partial charge in [0.2, 0.25) is 0 Å². The normalized spacial score (nSPS) is 11.6. The van der Waals surface area contributed by atoms with Gasteiger partial charge in [-0.15, -0.1) is 0 Å². The van der Waals surface area contributed by atoms with Gasteiger partial charge in [0.05, 0.1) is 6.61 Å². The number of nitrogens with zero attached hydrogens (tertiary/aromatic N) is 1. The lowest BCUT2D eigenvalue weighted by Gasteiger charge is -2.05. The molecule has 0 radical (unpaired) electrons. The molecule has 0 aliphatic carbocycles. The fourth-order valence-corrected chi connectivity index (χ4v) is 1.83. The van der Waals surface area contributed by atoms with Gasteiger partial charge in [-0.1, -0.05) is 32.0 Å². The van der Waals surface area contributed by atoms with Crippen LogP contribution < -0.4 is 0 Å². The summed E-state index contributed by atoms with van der Waals surface area (Å²) in [6.07, 6.45) is 3.33. The third-order valence-electron chi connectivity index (χ3n) is 2.81. The average Bonchev–Trinajstić information content (AvgIpc) is 2.85. The number of aromatic nitrogens is 1. The van der Waals surface area contributed by atoms with Gasteiger partial charge >= 0.3 is 5.97 Å². The Morgan fingerprint density at radius 3 is 2.90 bits per heavy atom. The van der Waals surface area contributed by atoms with Crippen LogP contribution in [0.4, 0.5) is 0 Å². The van der Waals surface area contributed by atoms with E-state index in [0.29, 0.717) is 6.61 Å². The monoisotopic (exact) mass is 268 g/mol. The summed E-state index contributed by atoms with van der Waals surface area (Å²) in [7, 11) is 0. The second kappa shape index (κ2) is 6.07. The summed E-state index contributed by atoms with van der Waals surface area (Å²) in [6.45, 7) is 4.21. The smallest absolute Gasteiger partial charge is 0.348 e. The van der Waals surface area contributed by atoms with Crippen molar-refractivity contribution < 1.29 is 9.53 Å². The van der Waals surface area contributed by atoms with Crippen LogP contribution in [-0.4, -0.2) is 17.6 Å². The molecule has 0 fully saturated rings. The summed E-state index contributed by atoms with van der Waals surface area (Å²) in [5, 5.41) is 10.1. The van der Waals surface area contributed by atoms with Crippen LogP contribution in [0.1, 0.15) is 19.4 Å². The summed E-state index contributed by atoms with van der Waals surface area (Å²) in [5.74, 6) is -0.335. The molecule has 2 aromatic rings. The minimum atomic E-state index is -0.577. The zero-order chi connectivity index (χ0) is 14.5. The quantitative estimate of drug-likeness (QED) is 0.525. The Kier molecular flexibility index (Phi) is 4.21. The number of nitrogens with one attached hydrogen (secondary N) is 1. The Hall–Kier alpha value is -2.54. The SMILES string of the molecule is CC(C)COC(=O)/C(C#N)=C\c1c[nH]c2ccccc12. The topological polar surface area (TPSA) is 65.9 Å². The van der Waals surface area contributed by atoms with Crippen molar-refractivity contribution >= 4 is 22.9 Å². The van der Waals surface area contributed by atoms with Crippen molar-refractivity contribution in [2.45, 2.75) is 13.8 Å². The van der Waals surface area contributed by atoms with Crippen LogP contribution in [0.2, 0.25) is 0 Å². The molecule has 4 heteroatoms. The van der Waals surface area contributed by atoms with E-state index in [2.05, 4.69) is 4.98 Å². The van der Waals surface area contributed by atoms with E-state index in [0.717, 1.165) is 16.5 Å². The Morgan fingerprint density at radius 1 is 1.45 bits per heavy atom. The minimum Gasteiger partial charge on any atom is -0.461 e. The molecular formula is C16H16N2O2. The average molecular weight is 268 g/mol. The molecule has 0 amide bonds. The molecule has 0 saturated heterocycles. The number of hydrogen-bond donors (Lipinski definition) is 1. The van der Waals surface area contributed by atoms with E-state index in [1.807, 2.05) is 44.2 Å². The molecule has 4 nitrogen and oxygen atoms in total. The highest BCUT2D eigenvalue weighted by Crippen LogP contribution is 2.20. The number of carbonyl (C=O) groups excluding carboxylic acids is 1. The molecule has 0 atom stereocenters. The molecule has 20 heavy (non-hydrogen) atoms. The van der Waals surface area contributed by atoms with Crippen LogP contribution in [-0.2, 0) is 9.53 Å². The summed E-state index contributed by atoms with van der Waals surface area (Å²) in [4.78, 5) is 14.9.